The number of aromatic nitrogens is 5. The summed E-state index contributed by atoms with van der Waals surface area (Å²) >= 11 is 0. The number of hydrogen-bond donors (Lipinski definition) is 1. The monoisotopic (exact) mass is 190 g/mol. The van der Waals surface area contributed by atoms with E-state index in [0.717, 1.165) is 18.8 Å². The lowest BCUT2D eigenvalue weighted by Gasteiger charge is -2.01. The summed E-state index contributed by atoms with van der Waals surface area (Å²) in [6.45, 7) is 4.45. The first kappa shape index (κ1) is 8.61. The molecule has 0 unspecified atom stereocenters. The molecular formula is C8H10N6. The van der Waals surface area contributed by atoms with E-state index in [-0.39, 0.29) is 0 Å². The van der Waals surface area contributed by atoms with Gasteiger partial charge in [0.2, 0.25) is 0 Å². The van der Waals surface area contributed by atoms with Gasteiger partial charge in [-0.1, -0.05) is 6.08 Å². The van der Waals surface area contributed by atoms with Gasteiger partial charge < -0.3 is 5.32 Å². The molecule has 0 saturated heterocycles. The van der Waals surface area contributed by atoms with Crippen LogP contribution in [0.1, 0.15) is 6.42 Å². The van der Waals surface area contributed by atoms with Crippen LogP contribution in [0.4, 0.5) is 5.82 Å². The highest BCUT2D eigenvalue weighted by Crippen LogP contribution is 2.02. The Bertz CT molecular complexity index is 434. The number of fused-ring (bicyclic) bond motifs is 1. The maximum Gasteiger partial charge on any atom is 0.200 e. The molecule has 6 nitrogen and oxygen atoms in total. The second-order valence-corrected chi connectivity index (χ2v) is 2.75. The predicted molar refractivity (Wildman–Crippen MR) is 51.9 cm³/mol. The van der Waals surface area contributed by atoms with E-state index in [1.54, 1.807) is 0 Å². The van der Waals surface area contributed by atoms with Gasteiger partial charge in [0.05, 0.1) is 0 Å². The van der Waals surface area contributed by atoms with Crippen molar-refractivity contribution in [1.82, 2.24) is 25.3 Å². The quantitative estimate of drug-likeness (QED) is 0.562. The Labute approximate surface area is 80.6 Å². The van der Waals surface area contributed by atoms with E-state index in [0.29, 0.717) is 5.65 Å². The number of anilines is 1. The molecule has 0 aliphatic heterocycles. The van der Waals surface area contributed by atoms with Gasteiger partial charge in [-0.05, 0) is 29.0 Å². The first-order valence-electron chi connectivity index (χ1n) is 4.30. The first-order valence-corrected chi connectivity index (χ1v) is 4.30. The van der Waals surface area contributed by atoms with Crippen molar-refractivity contribution in [3.05, 3.63) is 24.8 Å². The second-order valence-electron chi connectivity index (χ2n) is 2.75. The molecule has 2 heterocycles. The molecule has 6 heteroatoms. The molecule has 2 aromatic rings. The molecule has 72 valence electrons. The molecule has 0 atom stereocenters. The predicted octanol–water partition coefficient (Wildman–Crippen LogP) is 0.507. The molecule has 0 fully saturated rings. The number of tetrazole rings is 1. The van der Waals surface area contributed by atoms with E-state index in [2.05, 4.69) is 32.5 Å². The Balaban J connectivity index is 2.13. The fourth-order valence-electron chi connectivity index (χ4n) is 1.05. The minimum Gasteiger partial charge on any atom is -0.368 e. The zero-order valence-corrected chi connectivity index (χ0v) is 7.59. The normalized spacial score (nSPS) is 10.3. The SMILES string of the molecule is C=CCCNc1ccc2nnnn2n1. The Morgan fingerprint density at radius 3 is 3.29 bits per heavy atom. The molecule has 0 bridgehead atoms. The lowest BCUT2D eigenvalue weighted by molar-refractivity contribution is 0.734. The van der Waals surface area contributed by atoms with Crippen LogP contribution in [0, 0.1) is 0 Å². The van der Waals surface area contributed by atoms with Crippen molar-refractivity contribution in [3.63, 3.8) is 0 Å². The molecule has 0 aromatic carbocycles. The maximum atomic E-state index is 4.14. The highest BCUT2D eigenvalue weighted by Gasteiger charge is 1.98. The summed E-state index contributed by atoms with van der Waals surface area (Å²) in [7, 11) is 0. The van der Waals surface area contributed by atoms with E-state index >= 15 is 0 Å². The summed E-state index contributed by atoms with van der Waals surface area (Å²) < 4.78 is 1.39. The van der Waals surface area contributed by atoms with Crippen LogP contribution in [0.15, 0.2) is 24.8 Å². The highest BCUT2D eigenvalue weighted by atomic mass is 15.6. The smallest absolute Gasteiger partial charge is 0.200 e. The van der Waals surface area contributed by atoms with E-state index < -0.39 is 0 Å². The zero-order valence-electron chi connectivity index (χ0n) is 7.59. The average molecular weight is 190 g/mol. The minimum absolute atomic E-state index is 0.638. The third-order valence-corrected chi connectivity index (χ3v) is 1.72. The third kappa shape index (κ3) is 1.68. The van der Waals surface area contributed by atoms with Gasteiger partial charge in [0, 0.05) is 6.54 Å². The summed E-state index contributed by atoms with van der Waals surface area (Å²) in [5.41, 5.74) is 0.638. The Hall–Kier alpha value is -1.98. The average Bonchev–Trinajstić information content (AvgIpc) is 2.65. The van der Waals surface area contributed by atoms with E-state index in [1.807, 2.05) is 18.2 Å². The topological polar surface area (TPSA) is 68.0 Å². The lowest BCUT2D eigenvalue weighted by atomic mass is 10.4. The van der Waals surface area contributed by atoms with Crippen molar-refractivity contribution in [2.75, 3.05) is 11.9 Å². The van der Waals surface area contributed by atoms with E-state index in [9.17, 15) is 0 Å². The van der Waals surface area contributed by atoms with Crippen molar-refractivity contribution in [2.45, 2.75) is 6.42 Å². The number of nitrogens with zero attached hydrogens (tertiary/aromatic N) is 5. The van der Waals surface area contributed by atoms with E-state index in [1.165, 1.54) is 4.63 Å². The van der Waals surface area contributed by atoms with Crippen molar-refractivity contribution in [2.24, 2.45) is 0 Å². The molecule has 14 heavy (non-hydrogen) atoms. The van der Waals surface area contributed by atoms with Crippen molar-refractivity contribution < 1.29 is 0 Å². The number of nitrogens with one attached hydrogen (secondary N) is 1. The van der Waals surface area contributed by atoms with Gasteiger partial charge in [-0.15, -0.1) is 21.4 Å². The first-order chi connectivity index (χ1) is 6.90. The number of rotatable bonds is 4. The van der Waals surface area contributed by atoms with Gasteiger partial charge in [-0.25, -0.2) is 0 Å². The minimum atomic E-state index is 0.638. The van der Waals surface area contributed by atoms with E-state index in [4.69, 9.17) is 0 Å². The van der Waals surface area contributed by atoms with Crippen LogP contribution >= 0.6 is 0 Å². The van der Waals surface area contributed by atoms with Crippen LogP contribution < -0.4 is 5.32 Å². The van der Waals surface area contributed by atoms with Gasteiger partial charge in [0.25, 0.3) is 0 Å². The molecule has 0 aliphatic rings. The van der Waals surface area contributed by atoms with Crippen LogP contribution in [0.5, 0.6) is 0 Å². The highest BCUT2D eigenvalue weighted by molar-refractivity contribution is 5.41. The van der Waals surface area contributed by atoms with Crippen LogP contribution in [0.25, 0.3) is 5.65 Å². The van der Waals surface area contributed by atoms with Crippen molar-refractivity contribution in [1.29, 1.82) is 0 Å². The van der Waals surface area contributed by atoms with Gasteiger partial charge in [0.1, 0.15) is 5.82 Å². The molecule has 2 aromatic heterocycles. The largest absolute Gasteiger partial charge is 0.368 e. The fraction of sp³-hybridized carbons (Fsp3) is 0.250. The lowest BCUT2D eigenvalue weighted by Crippen LogP contribution is -2.05. The van der Waals surface area contributed by atoms with Crippen LogP contribution in [0.2, 0.25) is 0 Å². The molecule has 0 spiro atoms. The summed E-state index contributed by atoms with van der Waals surface area (Å²) in [5.74, 6) is 0.756. The second kappa shape index (κ2) is 3.82. The molecule has 0 amide bonds. The van der Waals surface area contributed by atoms with Gasteiger partial charge in [-0.3, -0.25) is 0 Å². The Kier molecular flexibility index (Phi) is 2.35. The Morgan fingerprint density at radius 1 is 1.50 bits per heavy atom. The summed E-state index contributed by atoms with van der Waals surface area (Å²) in [6.07, 6.45) is 2.75. The van der Waals surface area contributed by atoms with Crippen LogP contribution in [-0.4, -0.2) is 31.8 Å². The van der Waals surface area contributed by atoms with Crippen LogP contribution in [-0.2, 0) is 0 Å². The molecule has 0 aliphatic carbocycles. The van der Waals surface area contributed by atoms with Gasteiger partial charge in [-0.2, -0.15) is 0 Å². The summed E-state index contributed by atoms with van der Waals surface area (Å²) in [4.78, 5) is 0. The zero-order chi connectivity index (χ0) is 9.80. The third-order valence-electron chi connectivity index (χ3n) is 1.72. The molecular weight excluding hydrogens is 180 g/mol. The van der Waals surface area contributed by atoms with Crippen molar-refractivity contribution >= 4 is 11.5 Å². The molecule has 2 rings (SSSR count). The molecule has 0 saturated carbocycles. The standard InChI is InChI=1S/C8H10N6/c1-2-3-6-9-7-4-5-8-10-12-13-14(8)11-7/h2,4-5H,1,3,6H2,(H,9,11). The van der Waals surface area contributed by atoms with Crippen LogP contribution in [0.3, 0.4) is 0 Å². The van der Waals surface area contributed by atoms with Crippen molar-refractivity contribution in [3.8, 4) is 0 Å². The Morgan fingerprint density at radius 2 is 2.43 bits per heavy atom. The van der Waals surface area contributed by atoms with Gasteiger partial charge in [0.15, 0.2) is 5.65 Å². The fourth-order valence-corrected chi connectivity index (χ4v) is 1.05. The summed E-state index contributed by atoms with van der Waals surface area (Å²) in [6, 6.07) is 3.65. The van der Waals surface area contributed by atoms with Gasteiger partial charge >= 0.3 is 0 Å². The number of hydrogen-bond acceptors (Lipinski definition) is 5. The maximum absolute atomic E-state index is 4.14. The molecule has 0 radical (unpaired) electrons. The molecule has 1 N–H and O–H groups in total. The summed E-state index contributed by atoms with van der Waals surface area (Å²) in [5, 5.41) is 18.2.